The lowest BCUT2D eigenvalue weighted by atomic mass is 9.95. The van der Waals surface area contributed by atoms with Gasteiger partial charge in [-0.05, 0) is 31.2 Å². The molecule has 0 aliphatic carbocycles. The van der Waals surface area contributed by atoms with E-state index in [2.05, 4.69) is 5.32 Å². The summed E-state index contributed by atoms with van der Waals surface area (Å²) in [6, 6.07) is 4.49. The van der Waals surface area contributed by atoms with Gasteiger partial charge in [0.15, 0.2) is 0 Å². The molecule has 0 bridgehead atoms. The summed E-state index contributed by atoms with van der Waals surface area (Å²) in [6.07, 6.45) is 1.000. The maximum atomic E-state index is 12.9. The van der Waals surface area contributed by atoms with E-state index in [-0.39, 0.29) is 11.9 Å². The van der Waals surface area contributed by atoms with Gasteiger partial charge < -0.3 is 10.1 Å². The van der Waals surface area contributed by atoms with Crippen molar-refractivity contribution in [1.29, 1.82) is 0 Å². The molecular formula is C12H15ClFNO. The first-order chi connectivity index (χ1) is 7.72. The van der Waals surface area contributed by atoms with E-state index in [0.29, 0.717) is 10.9 Å². The van der Waals surface area contributed by atoms with Gasteiger partial charge in [0.2, 0.25) is 0 Å². The molecule has 1 aromatic carbocycles. The van der Waals surface area contributed by atoms with Gasteiger partial charge in [-0.2, -0.15) is 0 Å². The Kier molecular flexibility index (Phi) is 3.79. The molecule has 0 saturated carbocycles. The van der Waals surface area contributed by atoms with Gasteiger partial charge >= 0.3 is 0 Å². The number of nitrogens with one attached hydrogen (secondary N) is 1. The maximum absolute atomic E-state index is 12.9. The molecule has 0 amide bonds. The van der Waals surface area contributed by atoms with E-state index in [9.17, 15) is 4.39 Å². The summed E-state index contributed by atoms with van der Waals surface area (Å²) in [7, 11) is 1.92. The number of ether oxygens (including phenoxy) is 1. The van der Waals surface area contributed by atoms with E-state index < -0.39 is 0 Å². The molecule has 2 unspecified atom stereocenters. The largest absolute Gasteiger partial charge is 0.373 e. The van der Waals surface area contributed by atoms with E-state index in [0.717, 1.165) is 25.1 Å². The van der Waals surface area contributed by atoms with Gasteiger partial charge in [-0.15, -0.1) is 0 Å². The van der Waals surface area contributed by atoms with Gasteiger partial charge in [-0.25, -0.2) is 4.39 Å². The second-order valence-corrected chi connectivity index (χ2v) is 4.47. The molecule has 2 atom stereocenters. The van der Waals surface area contributed by atoms with Crippen LogP contribution >= 0.6 is 11.6 Å². The van der Waals surface area contributed by atoms with Crippen LogP contribution in [-0.4, -0.2) is 20.2 Å². The Morgan fingerprint density at radius 2 is 2.38 bits per heavy atom. The van der Waals surface area contributed by atoms with Gasteiger partial charge in [0.05, 0.1) is 6.10 Å². The van der Waals surface area contributed by atoms with E-state index in [1.54, 1.807) is 6.07 Å². The molecule has 16 heavy (non-hydrogen) atoms. The third-order valence-corrected chi connectivity index (χ3v) is 3.28. The Morgan fingerprint density at radius 3 is 3.06 bits per heavy atom. The first-order valence-corrected chi connectivity index (χ1v) is 5.81. The molecule has 88 valence electrons. The lowest BCUT2D eigenvalue weighted by Crippen LogP contribution is -2.21. The van der Waals surface area contributed by atoms with Crippen molar-refractivity contribution >= 4 is 11.6 Å². The number of halogens is 2. The molecule has 1 heterocycles. The zero-order valence-corrected chi connectivity index (χ0v) is 9.93. The van der Waals surface area contributed by atoms with Crippen LogP contribution in [0.3, 0.4) is 0 Å². The monoisotopic (exact) mass is 243 g/mol. The Labute approximate surface area is 99.7 Å². The Morgan fingerprint density at radius 1 is 1.56 bits per heavy atom. The minimum Gasteiger partial charge on any atom is -0.373 e. The fourth-order valence-electron chi connectivity index (χ4n) is 2.18. The number of hydrogen-bond acceptors (Lipinski definition) is 2. The van der Waals surface area contributed by atoms with Crippen molar-refractivity contribution < 1.29 is 9.13 Å². The number of rotatable bonds is 3. The molecule has 1 saturated heterocycles. The highest BCUT2D eigenvalue weighted by molar-refractivity contribution is 6.31. The summed E-state index contributed by atoms with van der Waals surface area (Å²) in [4.78, 5) is 0. The standard InChI is InChI=1S/C12H15ClFNO/c1-15-7-8-4-5-16-12(8)10-3-2-9(14)6-11(10)13/h2-3,6,8,12,15H,4-5,7H2,1H3. The topological polar surface area (TPSA) is 21.3 Å². The van der Waals surface area contributed by atoms with Crippen LogP contribution in [0.15, 0.2) is 18.2 Å². The molecule has 1 aliphatic rings. The highest BCUT2D eigenvalue weighted by Crippen LogP contribution is 2.37. The summed E-state index contributed by atoms with van der Waals surface area (Å²) in [5.41, 5.74) is 0.890. The molecular weight excluding hydrogens is 229 g/mol. The molecule has 0 aromatic heterocycles. The summed E-state index contributed by atoms with van der Waals surface area (Å²) in [5.74, 6) is 0.102. The average Bonchev–Trinajstić information content (AvgIpc) is 2.67. The normalized spacial score (nSPS) is 24.9. The lowest BCUT2D eigenvalue weighted by Gasteiger charge is -2.19. The summed E-state index contributed by atoms with van der Waals surface area (Å²) >= 11 is 6.03. The summed E-state index contributed by atoms with van der Waals surface area (Å²) < 4.78 is 18.6. The zero-order chi connectivity index (χ0) is 11.5. The van der Waals surface area contributed by atoms with Crippen LogP contribution in [0.5, 0.6) is 0 Å². The first kappa shape index (κ1) is 11.8. The smallest absolute Gasteiger partial charge is 0.124 e. The number of hydrogen-bond donors (Lipinski definition) is 1. The maximum Gasteiger partial charge on any atom is 0.124 e. The molecule has 1 aromatic rings. The van der Waals surface area contributed by atoms with E-state index in [1.165, 1.54) is 12.1 Å². The van der Waals surface area contributed by atoms with Crippen molar-refractivity contribution in [3.05, 3.63) is 34.6 Å². The van der Waals surface area contributed by atoms with Crippen molar-refractivity contribution in [2.24, 2.45) is 5.92 Å². The highest BCUT2D eigenvalue weighted by atomic mass is 35.5. The predicted molar refractivity (Wildman–Crippen MR) is 62.1 cm³/mol. The SMILES string of the molecule is CNCC1CCOC1c1ccc(F)cc1Cl. The predicted octanol–water partition coefficient (Wildman–Crippen LogP) is 2.78. The first-order valence-electron chi connectivity index (χ1n) is 5.43. The fourth-order valence-corrected chi connectivity index (χ4v) is 2.46. The van der Waals surface area contributed by atoms with Gasteiger partial charge in [0, 0.05) is 24.1 Å². The van der Waals surface area contributed by atoms with Crippen molar-refractivity contribution in [1.82, 2.24) is 5.32 Å². The van der Waals surface area contributed by atoms with Crippen molar-refractivity contribution in [3.63, 3.8) is 0 Å². The molecule has 2 rings (SSSR count). The van der Waals surface area contributed by atoms with E-state index in [4.69, 9.17) is 16.3 Å². The van der Waals surface area contributed by atoms with Crippen LogP contribution in [0.25, 0.3) is 0 Å². The molecule has 0 radical (unpaired) electrons. The van der Waals surface area contributed by atoms with Crippen LogP contribution in [0.2, 0.25) is 5.02 Å². The minimum absolute atomic E-state index is 0.0134. The quantitative estimate of drug-likeness (QED) is 0.882. The second-order valence-electron chi connectivity index (χ2n) is 4.06. The molecule has 0 spiro atoms. The molecule has 2 nitrogen and oxygen atoms in total. The van der Waals surface area contributed by atoms with Crippen LogP contribution in [0, 0.1) is 11.7 Å². The van der Waals surface area contributed by atoms with Crippen LogP contribution in [0.1, 0.15) is 18.1 Å². The Hall–Kier alpha value is -0.640. The summed E-state index contributed by atoms with van der Waals surface area (Å²) in [5, 5.41) is 3.59. The van der Waals surface area contributed by atoms with Gasteiger partial charge in [-0.1, -0.05) is 17.7 Å². The molecule has 1 N–H and O–H groups in total. The average molecular weight is 244 g/mol. The van der Waals surface area contributed by atoms with Crippen LogP contribution in [0.4, 0.5) is 4.39 Å². The highest BCUT2D eigenvalue weighted by Gasteiger charge is 2.30. The molecule has 1 fully saturated rings. The Bertz CT molecular complexity index is 372. The minimum atomic E-state index is -0.308. The Balaban J connectivity index is 2.22. The van der Waals surface area contributed by atoms with Crippen molar-refractivity contribution in [2.75, 3.05) is 20.2 Å². The summed E-state index contributed by atoms with van der Waals surface area (Å²) in [6.45, 7) is 1.63. The van der Waals surface area contributed by atoms with E-state index in [1.807, 2.05) is 7.05 Å². The molecule has 4 heteroatoms. The van der Waals surface area contributed by atoms with Crippen LogP contribution in [-0.2, 0) is 4.74 Å². The fraction of sp³-hybridized carbons (Fsp3) is 0.500. The second kappa shape index (κ2) is 5.13. The molecule has 1 aliphatic heterocycles. The van der Waals surface area contributed by atoms with Gasteiger partial charge in [-0.3, -0.25) is 0 Å². The third kappa shape index (κ3) is 2.37. The van der Waals surface area contributed by atoms with Crippen LogP contribution < -0.4 is 5.32 Å². The van der Waals surface area contributed by atoms with Crippen molar-refractivity contribution in [2.45, 2.75) is 12.5 Å². The van der Waals surface area contributed by atoms with E-state index >= 15 is 0 Å². The van der Waals surface area contributed by atoms with Gasteiger partial charge in [0.25, 0.3) is 0 Å². The lowest BCUT2D eigenvalue weighted by molar-refractivity contribution is 0.0910. The third-order valence-electron chi connectivity index (χ3n) is 2.95. The zero-order valence-electron chi connectivity index (χ0n) is 9.17. The van der Waals surface area contributed by atoms with Crippen molar-refractivity contribution in [3.8, 4) is 0 Å². The number of benzene rings is 1. The van der Waals surface area contributed by atoms with Gasteiger partial charge in [0.1, 0.15) is 5.82 Å².